The number of nitrogens with zero attached hydrogens (tertiary/aromatic N) is 2. The van der Waals surface area contributed by atoms with Gasteiger partial charge in [-0.05, 0) is 73.2 Å². The first kappa shape index (κ1) is 20.8. The van der Waals surface area contributed by atoms with Crippen LogP contribution in [0.5, 0.6) is 11.5 Å². The summed E-state index contributed by atoms with van der Waals surface area (Å²) in [4.78, 5) is 4.81. The van der Waals surface area contributed by atoms with Gasteiger partial charge in [0.15, 0.2) is 0 Å². The number of rotatable bonds is 6. The van der Waals surface area contributed by atoms with Crippen molar-refractivity contribution < 1.29 is 13.2 Å². The Balaban J connectivity index is 1.36. The van der Waals surface area contributed by atoms with Crippen molar-refractivity contribution >= 4 is 21.4 Å². The van der Waals surface area contributed by atoms with Crippen LogP contribution in [-0.2, 0) is 10.0 Å². The Bertz CT molecular complexity index is 1530. The molecule has 0 aliphatic carbocycles. The van der Waals surface area contributed by atoms with Crippen LogP contribution in [0, 0.1) is 6.92 Å². The van der Waals surface area contributed by atoms with Crippen LogP contribution >= 0.6 is 0 Å². The first-order chi connectivity index (χ1) is 16.0. The van der Waals surface area contributed by atoms with E-state index in [1.807, 2.05) is 72.2 Å². The Kier molecular flexibility index (Phi) is 5.32. The number of pyridine rings is 1. The molecule has 0 fully saturated rings. The van der Waals surface area contributed by atoms with Gasteiger partial charge in [0.2, 0.25) is 0 Å². The average molecular weight is 456 g/mol. The molecule has 1 N–H and O–H groups in total. The second-order valence-corrected chi connectivity index (χ2v) is 9.35. The first-order valence-electron chi connectivity index (χ1n) is 10.4. The summed E-state index contributed by atoms with van der Waals surface area (Å²) in [6.45, 7) is 2.02. The van der Waals surface area contributed by atoms with Crippen LogP contribution in [-0.4, -0.2) is 17.8 Å². The molecule has 0 aliphatic heterocycles. The summed E-state index contributed by atoms with van der Waals surface area (Å²) < 4.78 is 36.2. The fourth-order valence-corrected chi connectivity index (χ4v) is 4.54. The van der Waals surface area contributed by atoms with E-state index in [1.165, 1.54) is 12.1 Å². The van der Waals surface area contributed by atoms with Crippen LogP contribution < -0.4 is 9.46 Å². The number of ether oxygens (including phenoxy) is 1. The highest BCUT2D eigenvalue weighted by Gasteiger charge is 2.15. The number of aromatic nitrogens is 2. The van der Waals surface area contributed by atoms with Gasteiger partial charge in [0.05, 0.1) is 10.6 Å². The topological polar surface area (TPSA) is 72.7 Å². The zero-order valence-electron chi connectivity index (χ0n) is 17.8. The summed E-state index contributed by atoms with van der Waals surface area (Å²) in [6.07, 6.45) is 3.88. The van der Waals surface area contributed by atoms with E-state index in [2.05, 4.69) is 9.71 Å². The molecule has 5 aromatic rings. The van der Waals surface area contributed by atoms with Gasteiger partial charge >= 0.3 is 0 Å². The van der Waals surface area contributed by atoms with Crippen LogP contribution in [0.25, 0.3) is 16.9 Å². The molecule has 0 amide bonds. The molecule has 0 atom stereocenters. The minimum Gasteiger partial charge on any atom is -0.457 e. The number of anilines is 1. The van der Waals surface area contributed by atoms with E-state index in [0.717, 1.165) is 22.5 Å². The van der Waals surface area contributed by atoms with Crippen molar-refractivity contribution in [1.29, 1.82) is 0 Å². The van der Waals surface area contributed by atoms with E-state index in [-0.39, 0.29) is 4.90 Å². The van der Waals surface area contributed by atoms with Gasteiger partial charge in [-0.3, -0.25) is 4.72 Å². The summed E-state index contributed by atoms with van der Waals surface area (Å²) in [5, 5.41) is 0. The van der Waals surface area contributed by atoms with Gasteiger partial charge in [-0.15, -0.1) is 0 Å². The van der Waals surface area contributed by atoms with Crippen molar-refractivity contribution in [3.63, 3.8) is 0 Å². The molecular weight excluding hydrogens is 434 g/mol. The van der Waals surface area contributed by atoms with E-state index in [0.29, 0.717) is 17.2 Å². The Morgan fingerprint density at radius 1 is 0.848 bits per heavy atom. The Morgan fingerprint density at radius 3 is 2.39 bits per heavy atom. The van der Waals surface area contributed by atoms with E-state index >= 15 is 0 Å². The maximum atomic E-state index is 12.9. The van der Waals surface area contributed by atoms with Gasteiger partial charge in [-0.2, -0.15) is 0 Å². The first-order valence-corrected chi connectivity index (χ1v) is 11.9. The molecule has 7 heteroatoms. The van der Waals surface area contributed by atoms with E-state index in [1.54, 1.807) is 30.3 Å². The van der Waals surface area contributed by atoms with Crippen molar-refractivity contribution in [3.8, 4) is 22.8 Å². The molecule has 2 heterocycles. The predicted molar refractivity (Wildman–Crippen MR) is 129 cm³/mol. The molecule has 0 bridgehead atoms. The maximum Gasteiger partial charge on any atom is 0.261 e. The zero-order chi connectivity index (χ0) is 22.8. The number of hydrogen-bond donors (Lipinski definition) is 1. The third-order valence-electron chi connectivity index (χ3n) is 5.14. The molecular formula is C26H21N3O3S. The largest absolute Gasteiger partial charge is 0.457 e. The van der Waals surface area contributed by atoms with Crippen molar-refractivity contribution in [2.24, 2.45) is 0 Å². The maximum absolute atomic E-state index is 12.9. The third-order valence-corrected chi connectivity index (χ3v) is 6.54. The van der Waals surface area contributed by atoms with Crippen LogP contribution in [0.3, 0.4) is 0 Å². The van der Waals surface area contributed by atoms with E-state index in [9.17, 15) is 8.42 Å². The minimum atomic E-state index is -3.76. The number of aryl methyl sites for hydroxylation is 1. The number of benzene rings is 3. The van der Waals surface area contributed by atoms with Gasteiger partial charge in [0, 0.05) is 23.6 Å². The lowest BCUT2D eigenvalue weighted by Gasteiger charge is -2.10. The lowest BCUT2D eigenvalue weighted by molar-refractivity contribution is 0.482. The molecule has 0 radical (unpaired) electrons. The molecule has 0 saturated carbocycles. The van der Waals surface area contributed by atoms with Gasteiger partial charge in [0.25, 0.3) is 10.0 Å². The van der Waals surface area contributed by atoms with Crippen molar-refractivity contribution in [3.05, 3.63) is 109 Å². The number of sulfonamides is 1. The van der Waals surface area contributed by atoms with Crippen LogP contribution in [0.2, 0.25) is 0 Å². The summed E-state index contributed by atoms with van der Waals surface area (Å²) in [6, 6.07) is 26.9. The van der Waals surface area contributed by atoms with Gasteiger partial charge in [0.1, 0.15) is 17.1 Å². The van der Waals surface area contributed by atoms with Gasteiger partial charge in [-0.1, -0.05) is 30.3 Å². The number of imidazole rings is 1. The lowest BCUT2D eigenvalue weighted by Crippen LogP contribution is -2.12. The highest BCUT2D eigenvalue weighted by atomic mass is 32.2. The molecule has 6 nitrogen and oxygen atoms in total. The number of nitrogens with one attached hydrogen (secondary N) is 1. The predicted octanol–water partition coefficient (Wildman–Crippen LogP) is 5.90. The van der Waals surface area contributed by atoms with Gasteiger partial charge in [-0.25, -0.2) is 13.4 Å². The van der Waals surface area contributed by atoms with Crippen LogP contribution in [0.15, 0.2) is 108 Å². The molecule has 2 aromatic heterocycles. The summed E-state index contributed by atoms with van der Waals surface area (Å²) in [5.74, 6) is 1.24. The Labute approximate surface area is 192 Å². The molecule has 5 rings (SSSR count). The average Bonchev–Trinajstić information content (AvgIpc) is 3.23. The van der Waals surface area contributed by atoms with Crippen molar-refractivity contribution in [1.82, 2.24) is 9.38 Å². The second kappa shape index (κ2) is 8.44. The molecule has 33 heavy (non-hydrogen) atoms. The van der Waals surface area contributed by atoms with Crippen molar-refractivity contribution in [2.75, 3.05) is 4.72 Å². The van der Waals surface area contributed by atoms with E-state index < -0.39 is 10.0 Å². The molecule has 3 aromatic carbocycles. The molecule has 0 spiro atoms. The fraction of sp³-hybridized carbons (Fsp3) is 0.0385. The quantitative estimate of drug-likeness (QED) is 0.346. The highest BCUT2D eigenvalue weighted by molar-refractivity contribution is 7.92. The highest BCUT2D eigenvalue weighted by Crippen LogP contribution is 2.26. The summed E-state index contributed by atoms with van der Waals surface area (Å²) in [5.41, 5.74) is 4.02. The Hall–Kier alpha value is -4.10. The monoisotopic (exact) mass is 455 g/mol. The number of hydrogen-bond acceptors (Lipinski definition) is 4. The molecule has 164 valence electrons. The Morgan fingerprint density at radius 2 is 1.61 bits per heavy atom. The fourth-order valence-electron chi connectivity index (χ4n) is 3.49. The minimum absolute atomic E-state index is 0.150. The lowest BCUT2D eigenvalue weighted by atomic mass is 10.1. The van der Waals surface area contributed by atoms with Crippen LogP contribution in [0.4, 0.5) is 5.69 Å². The second-order valence-electron chi connectivity index (χ2n) is 7.67. The van der Waals surface area contributed by atoms with Crippen molar-refractivity contribution in [2.45, 2.75) is 11.8 Å². The third kappa shape index (κ3) is 4.58. The normalized spacial score (nSPS) is 11.4. The summed E-state index contributed by atoms with van der Waals surface area (Å²) >= 11 is 0. The standard InChI is InChI=1S/C26H21N3O3S/c1-19-14-15-29-18-25(27-26(29)16-19)20-6-5-7-21(17-20)28-33(30,31)24-12-10-23(11-13-24)32-22-8-3-2-4-9-22/h2-18,28H,1H3. The zero-order valence-corrected chi connectivity index (χ0v) is 18.7. The number of fused-ring (bicyclic) bond motifs is 1. The molecule has 0 aliphatic rings. The van der Waals surface area contributed by atoms with Gasteiger partial charge < -0.3 is 9.14 Å². The smallest absolute Gasteiger partial charge is 0.261 e. The molecule has 0 unspecified atom stereocenters. The van der Waals surface area contributed by atoms with Crippen LogP contribution in [0.1, 0.15) is 5.56 Å². The summed E-state index contributed by atoms with van der Waals surface area (Å²) in [7, 11) is -3.76. The SMILES string of the molecule is Cc1ccn2cc(-c3cccc(NS(=O)(=O)c4ccc(Oc5ccccc5)cc4)c3)nc2c1. The molecule has 0 saturated heterocycles. The van der Waals surface area contributed by atoms with E-state index in [4.69, 9.17) is 4.74 Å². The number of para-hydroxylation sites is 1.